The van der Waals surface area contributed by atoms with Crippen molar-refractivity contribution in [2.75, 3.05) is 11.0 Å². The van der Waals surface area contributed by atoms with Crippen molar-refractivity contribution in [3.63, 3.8) is 0 Å². The second kappa shape index (κ2) is 6.50. The molecule has 0 atom stereocenters. The first-order valence-electron chi connectivity index (χ1n) is 7.52. The van der Waals surface area contributed by atoms with E-state index in [4.69, 9.17) is 5.26 Å². The molecular formula is C17H15N5O3S. The Morgan fingerprint density at radius 2 is 1.88 bits per heavy atom. The Labute approximate surface area is 150 Å². The molecule has 132 valence electrons. The van der Waals surface area contributed by atoms with Gasteiger partial charge < -0.3 is 5.11 Å². The summed E-state index contributed by atoms with van der Waals surface area (Å²) in [5.74, 6) is 0.244. The van der Waals surface area contributed by atoms with Gasteiger partial charge in [0.05, 0.1) is 41.0 Å². The number of sulfonamides is 1. The molecule has 0 aliphatic heterocycles. The van der Waals surface area contributed by atoms with Crippen molar-refractivity contribution in [2.45, 2.75) is 6.92 Å². The molecule has 2 heterocycles. The highest BCUT2D eigenvalue weighted by molar-refractivity contribution is 7.92. The Balaban J connectivity index is 1.98. The standard InChI is InChI=1S/C17H15N5O3S/c1-11-16(13-5-3-12(9-18)4-6-13)17(23)22(20-11)15-8-7-14(10-19-15)21-26(2,24)25/h3-8,10,21,23H,1-2H3. The lowest BCUT2D eigenvalue weighted by Crippen LogP contribution is -2.10. The van der Waals surface area contributed by atoms with Crippen molar-refractivity contribution < 1.29 is 13.5 Å². The minimum Gasteiger partial charge on any atom is -0.493 e. The number of nitrogens with zero attached hydrogens (tertiary/aromatic N) is 4. The minimum atomic E-state index is -3.39. The predicted octanol–water partition coefficient (Wildman–Crippen LogP) is 2.19. The number of aromatic nitrogens is 3. The minimum absolute atomic E-state index is 0.0940. The molecule has 3 aromatic rings. The first-order valence-corrected chi connectivity index (χ1v) is 9.41. The number of aryl methyl sites for hydroxylation is 1. The van der Waals surface area contributed by atoms with Crippen molar-refractivity contribution in [1.82, 2.24) is 14.8 Å². The third kappa shape index (κ3) is 3.50. The average molecular weight is 369 g/mol. The number of aromatic hydroxyl groups is 1. The second-order valence-corrected chi connectivity index (χ2v) is 7.41. The van der Waals surface area contributed by atoms with E-state index in [-0.39, 0.29) is 5.88 Å². The van der Waals surface area contributed by atoms with Crippen LogP contribution in [0.3, 0.4) is 0 Å². The van der Waals surface area contributed by atoms with E-state index in [0.29, 0.717) is 28.3 Å². The van der Waals surface area contributed by atoms with E-state index < -0.39 is 10.0 Å². The molecule has 0 fully saturated rings. The maximum atomic E-state index is 11.2. The van der Waals surface area contributed by atoms with Crippen LogP contribution in [0.2, 0.25) is 0 Å². The maximum absolute atomic E-state index is 11.2. The number of benzene rings is 1. The van der Waals surface area contributed by atoms with Crippen LogP contribution >= 0.6 is 0 Å². The van der Waals surface area contributed by atoms with Crippen molar-refractivity contribution in [3.05, 3.63) is 53.9 Å². The Hall–Kier alpha value is -3.38. The van der Waals surface area contributed by atoms with Gasteiger partial charge in [-0.05, 0) is 36.8 Å². The van der Waals surface area contributed by atoms with Gasteiger partial charge in [0.1, 0.15) is 0 Å². The van der Waals surface area contributed by atoms with E-state index in [0.717, 1.165) is 11.8 Å². The normalized spacial score (nSPS) is 11.1. The average Bonchev–Trinajstić information content (AvgIpc) is 2.89. The molecular weight excluding hydrogens is 354 g/mol. The van der Waals surface area contributed by atoms with E-state index in [1.807, 2.05) is 6.07 Å². The lowest BCUT2D eigenvalue weighted by Gasteiger charge is -2.06. The molecule has 3 rings (SSSR count). The molecule has 0 radical (unpaired) electrons. The van der Waals surface area contributed by atoms with Crippen molar-refractivity contribution in [3.8, 4) is 28.9 Å². The Morgan fingerprint density at radius 1 is 1.19 bits per heavy atom. The molecule has 1 aromatic carbocycles. The lowest BCUT2D eigenvalue weighted by molar-refractivity contribution is 0.433. The molecule has 0 bridgehead atoms. The van der Waals surface area contributed by atoms with Gasteiger partial charge in [0.2, 0.25) is 15.9 Å². The van der Waals surface area contributed by atoms with Gasteiger partial charge in [0, 0.05) is 0 Å². The fourth-order valence-corrected chi connectivity index (χ4v) is 3.06. The molecule has 0 spiro atoms. The van der Waals surface area contributed by atoms with Crippen LogP contribution in [0.5, 0.6) is 5.88 Å². The predicted molar refractivity (Wildman–Crippen MR) is 96.4 cm³/mol. The van der Waals surface area contributed by atoms with E-state index in [2.05, 4.69) is 14.8 Å². The van der Waals surface area contributed by atoms with Gasteiger partial charge in [-0.25, -0.2) is 13.4 Å². The van der Waals surface area contributed by atoms with Crippen LogP contribution in [0.4, 0.5) is 5.69 Å². The number of nitriles is 1. The molecule has 0 saturated heterocycles. The summed E-state index contributed by atoms with van der Waals surface area (Å²) in [6.45, 7) is 1.75. The van der Waals surface area contributed by atoms with Crippen molar-refractivity contribution in [2.24, 2.45) is 0 Å². The monoisotopic (exact) mass is 369 g/mol. The Bertz CT molecular complexity index is 1100. The second-order valence-electron chi connectivity index (χ2n) is 5.66. The van der Waals surface area contributed by atoms with Crippen LogP contribution in [0.25, 0.3) is 16.9 Å². The third-order valence-electron chi connectivity index (χ3n) is 3.61. The van der Waals surface area contributed by atoms with Gasteiger partial charge in [-0.2, -0.15) is 15.0 Å². The van der Waals surface area contributed by atoms with E-state index in [1.165, 1.54) is 16.9 Å². The van der Waals surface area contributed by atoms with Gasteiger partial charge in [-0.3, -0.25) is 4.72 Å². The van der Waals surface area contributed by atoms with E-state index >= 15 is 0 Å². The van der Waals surface area contributed by atoms with E-state index in [9.17, 15) is 13.5 Å². The highest BCUT2D eigenvalue weighted by atomic mass is 32.2. The SMILES string of the molecule is Cc1nn(-c2ccc(NS(C)(=O)=O)cn2)c(O)c1-c1ccc(C#N)cc1. The van der Waals surface area contributed by atoms with Gasteiger partial charge in [-0.15, -0.1) is 0 Å². The van der Waals surface area contributed by atoms with Crippen LogP contribution < -0.4 is 4.72 Å². The largest absolute Gasteiger partial charge is 0.493 e. The summed E-state index contributed by atoms with van der Waals surface area (Å²) in [6, 6.07) is 11.9. The van der Waals surface area contributed by atoms with Crippen LogP contribution in [-0.2, 0) is 10.0 Å². The number of anilines is 1. The van der Waals surface area contributed by atoms with Gasteiger partial charge in [0.25, 0.3) is 0 Å². The smallest absolute Gasteiger partial charge is 0.229 e. The van der Waals surface area contributed by atoms with Gasteiger partial charge in [-0.1, -0.05) is 12.1 Å². The summed E-state index contributed by atoms with van der Waals surface area (Å²) in [5, 5.41) is 23.8. The zero-order chi connectivity index (χ0) is 18.9. The molecule has 0 saturated carbocycles. The summed E-state index contributed by atoms with van der Waals surface area (Å²) >= 11 is 0. The number of hydrogen-bond acceptors (Lipinski definition) is 6. The molecule has 9 heteroatoms. The molecule has 0 aliphatic carbocycles. The van der Waals surface area contributed by atoms with Crippen LogP contribution in [0, 0.1) is 18.3 Å². The van der Waals surface area contributed by atoms with Gasteiger partial charge in [0.15, 0.2) is 5.82 Å². The summed E-state index contributed by atoms with van der Waals surface area (Å²) in [5.41, 5.74) is 2.68. The molecule has 26 heavy (non-hydrogen) atoms. The Kier molecular flexibility index (Phi) is 4.36. The zero-order valence-electron chi connectivity index (χ0n) is 14.0. The number of nitrogens with one attached hydrogen (secondary N) is 1. The van der Waals surface area contributed by atoms with Crippen LogP contribution in [0.15, 0.2) is 42.6 Å². The van der Waals surface area contributed by atoms with Crippen molar-refractivity contribution >= 4 is 15.7 Å². The number of pyridine rings is 1. The molecule has 2 N–H and O–H groups in total. The van der Waals surface area contributed by atoms with Crippen LogP contribution in [0.1, 0.15) is 11.3 Å². The quantitative estimate of drug-likeness (QED) is 0.727. The number of rotatable bonds is 4. The maximum Gasteiger partial charge on any atom is 0.229 e. The summed E-state index contributed by atoms with van der Waals surface area (Å²) < 4.78 is 26.1. The number of hydrogen-bond donors (Lipinski definition) is 2. The highest BCUT2D eigenvalue weighted by Crippen LogP contribution is 2.34. The van der Waals surface area contributed by atoms with Gasteiger partial charge >= 0.3 is 0 Å². The third-order valence-corrected chi connectivity index (χ3v) is 4.21. The lowest BCUT2D eigenvalue weighted by atomic mass is 10.0. The molecule has 0 unspecified atom stereocenters. The summed E-state index contributed by atoms with van der Waals surface area (Å²) in [6.07, 6.45) is 2.39. The zero-order valence-corrected chi connectivity index (χ0v) is 14.8. The molecule has 2 aromatic heterocycles. The summed E-state index contributed by atoms with van der Waals surface area (Å²) in [4.78, 5) is 4.14. The van der Waals surface area contributed by atoms with Crippen molar-refractivity contribution in [1.29, 1.82) is 5.26 Å². The first-order chi connectivity index (χ1) is 12.3. The van der Waals surface area contributed by atoms with Crippen LogP contribution in [-0.4, -0.2) is 34.5 Å². The fourth-order valence-electron chi connectivity index (χ4n) is 2.51. The fraction of sp³-hybridized carbons (Fsp3) is 0.118. The molecule has 8 nitrogen and oxygen atoms in total. The Morgan fingerprint density at radius 3 is 2.42 bits per heavy atom. The molecule has 0 aliphatic rings. The first kappa shape index (κ1) is 17.4. The highest BCUT2D eigenvalue weighted by Gasteiger charge is 2.18. The molecule has 0 amide bonds. The topological polar surface area (TPSA) is 121 Å². The van der Waals surface area contributed by atoms with E-state index in [1.54, 1.807) is 37.3 Å². The summed E-state index contributed by atoms with van der Waals surface area (Å²) in [7, 11) is -3.39.